The summed E-state index contributed by atoms with van der Waals surface area (Å²) < 4.78 is 5.97. The summed E-state index contributed by atoms with van der Waals surface area (Å²) in [5.74, 6) is 2.60. The number of benzene rings is 2. The number of nitrogens with zero attached hydrogens (tertiary/aromatic N) is 1. The summed E-state index contributed by atoms with van der Waals surface area (Å²) in [6, 6.07) is 18.0. The molecule has 2 aromatic rings. The predicted molar refractivity (Wildman–Crippen MR) is 142 cm³/mol. The van der Waals surface area contributed by atoms with E-state index in [1.165, 1.54) is 0 Å². The van der Waals surface area contributed by atoms with Gasteiger partial charge in [-0.05, 0) is 80.1 Å². The van der Waals surface area contributed by atoms with E-state index < -0.39 is 5.91 Å². The number of piperidine rings is 1. The second kappa shape index (κ2) is 11.9. The highest BCUT2D eigenvalue weighted by atomic mass is 16.5. The lowest BCUT2D eigenvalue weighted by atomic mass is 9.85. The molecule has 2 heterocycles. The molecule has 1 atom stereocenters. The Hall–Kier alpha value is -3.25. The van der Waals surface area contributed by atoms with Crippen LogP contribution in [0, 0.1) is 5.92 Å². The summed E-state index contributed by atoms with van der Waals surface area (Å²) in [7, 11) is 2.10. The molecule has 0 bridgehead atoms. The molecule has 35 heavy (non-hydrogen) atoms. The summed E-state index contributed by atoms with van der Waals surface area (Å²) >= 11 is 0. The number of nitrogens with one attached hydrogen (secondary N) is 2. The smallest absolute Gasteiger partial charge is 0.252 e. The van der Waals surface area contributed by atoms with E-state index in [-0.39, 0.29) is 0 Å². The van der Waals surface area contributed by atoms with Crippen molar-refractivity contribution in [3.05, 3.63) is 77.6 Å². The minimum Gasteiger partial charge on any atom is -0.457 e. The lowest BCUT2D eigenvalue weighted by molar-refractivity contribution is -0.114. The van der Waals surface area contributed by atoms with Crippen LogP contribution in [0.1, 0.15) is 44.6 Å². The van der Waals surface area contributed by atoms with E-state index in [2.05, 4.69) is 35.6 Å². The first kappa shape index (κ1) is 24.9. The van der Waals surface area contributed by atoms with E-state index in [1.54, 1.807) is 0 Å². The van der Waals surface area contributed by atoms with Gasteiger partial charge in [-0.2, -0.15) is 0 Å². The molecule has 2 aromatic carbocycles. The zero-order valence-corrected chi connectivity index (χ0v) is 20.9. The van der Waals surface area contributed by atoms with E-state index in [9.17, 15) is 4.79 Å². The number of ether oxygens (including phenoxy) is 1. The summed E-state index contributed by atoms with van der Waals surface area (Å²) in [5.41, 5.74) is 8.46. The van der Waals surface area contributed by atoms with Crippen molar-refractivity contribution in [3.8, 4) is 11.5 Å². The highest BCUT2D eigenvalue weighted by Gasteiger charge is 2.33. The van der Waals surface area contributed by atoms with Gasteiger partial charge in [0.25, 0.3) is 5.91 Å². The number of allylic oxidation sites excluding steroid dienone is 1. The molecule has 2 aliphatic heterocycles. The first-order valence-corrected chi connectivity index (χ1v) is 12.8. The Balaban J connectivity index is 1.66. The van der Waals surface area contributed by atoms with Crippen LogP contribution >= 0.6 is 0 Å². The van der Waals surface area contributed by atoms with E-state index in [4.69, 9.17) is 10.5 Å². The number of hydrogen-bond donors (Lipinski definition) is 3. The van der Waals surface area contributed by atoms with Crippen LogP contribution in [-0.2, 0) is 4.79 Å². The molecule has 2 fully saturated rings. The number of carbonyl (C=O) groups excluding carboxylic acids is 1. The van der Waals surface area contributed by atoms with Crippen LogP contribution in [0.15, 0.2) is 72.1 Å². The van der Waals surface area contributed by atoms with Crippen LogP contribution < -0.4 is 21.1 Å². The van der Waals surface area contributed by atoms with Gasteiger partial charge >= 0.3 is 0 Å². The molecule has 0 spiro atoms. The molecule has 0 aromatic heterocycles. The molecular formula is C29H38N4O2. The van der Waals surface area contributed by atoms with Crippen LogP contribution in [0.3, 0.4) is 0 Å². The van der Waals surface area contributed by atoms with Gasteiger partial charge in [0.1, 0.15) is 17.3 Å². The van der Waals surface area contributed by atoms with Crippen LogP contribution in [0.4, 0.5) is 0 Å². The number of amides is 1. The van der Waals surface area contributed by atoms with E-state index >= 15 is 0 Å². The molecule has 186 valence electrons. The second-order valence-corrected chi connectivity index (χ2v) is 9.41. The molecule has 0 saturated carbocycles. The van der Waals surface area contributed by atoms with Gasteiger partial charge in [-0.15, -0.1) is 0 Å². The Kier molecular flexibility index (Phi) is 8.48. The van der Waals surface area contributed by atoms with Gasteiger partial charge in [0.05, 0.1) is 5.57 Å². The van der Waals surface area contributed by atoms with Gasteiger partial charge in [0, 0.05) is 19.6 Å². The molecule has 6 heteroatoms. The molecule has 2 saturated heterocycles. The highest BCUT2D eigenvalue weighted by molar-refractivity contribution is 6.09. The maximum Gasteiger partial charge on any atom is 0.252 e. The standard InChI is InChI=1S/C29H38N4O2/c1-3-4-10-25(21-11-13-24(14-12-21)35-23-8-6-5-7-9-23)27(28(30)34)29-32-20-17-26(33(29)2)22-15-18-31-19-16-22/h5-14,22,26,31-32H,3-4,15-20H2,1-2H3,(H2,30,34)/b25-10+,29-27+/t26-/m0/s1. The molecule has 4 rings (SSSR count). The largest absolute Gasteiger partial charge is 0.457 e. The number of primary amides is 1. The SMILES string of the molecule is CCC/C=C(/C(C(N)=O)=C1/NCC[C@@H](C2CCNCC2)N1C)c1ccc(Oc2ccccc2)cc1. The zero-order chi connectivity index (χ0) is 24.6. The number of unbranched alkanes of at least 4 members (excludes halogenated alkanes) is 1. The number of para-hydroxylation sites is 1. The van der Waals surface area contributed by atoms with Crippen LogP contribution in [0.5, 0.6) is 11.5 Å². The predicted octanol–water partition coefficient (Wildman–Crippen LogP) is 4.65. The third kappa shape index (κ3) is 6.06. The Morgan fingerprint density at radius 3 is 2.37 bits per heavy atom. The molecular weight excluding hydrogens is 436 g/mol. The molecule has 0 unspecified atom stereocenters. The Morgan fingerprint density at radius 2 is 1.71 bits per heavy atom. The van der Waals surface area contributed by atoms with Gasteiger partial charge in [-0.3, -0.25) is 4.79 Å². The van der Waals surface area contributed by atoms with Gasteiger partial charge in [0.15, 0.2) is 0 Å². The van der Waals surface area contributed by atoms with Crippen LogP contribution in [0.25, 0.3) is 5.57 Å². The maximum absolute atomic E-state index is 12.9. The third-order valence-corrected chi connectivity index (χ3v) is 7.04. The van der Waals surface area contributed by atoms with Crippen molar-refractivity contribution in [1.29, 1.82) is 0 Å². The van der Waals surface area contributed by atoms with E-state index in [0.717, 1.165) is 80.2 Å². The fraction of sp³-hybridized carbons (Fsp3) is 0.414. The van der Waals surface area contributed by atoms with Crippen LogP contribution in [0.2, 0.25) is 0 Å². The van der Waals surface area contributed by atoms with Crippen molar-refractivity contribution in [2.24, 2.45) is 11.7 Å². The minimum atomic E-state index is -0.405. The minimum absolute atomic E-state index is 0.400. The number of carbonyl (C=O) groups is 1. The Bertz CT molecular complexity index is 1040. The number of nitrogens with two attached hydrogens (primary N) is 1. The lowest BCUT2D eigenvalue weighted by Gasteiger charge is -2.43. The quantitative estimate of drug-likeness (QED) is 0.485. The van der Waals surface area contributed by atoms with Crippen molar-refractivity contribution in [2.75, 3.05) is 26.7 Å². The number of hydrogen-bond acceptors (Lipinski definition) is 5. The van der Waals surface area contributed by atoms with Crippen molar-refractivity contribution in [1.82, 2.24) is 15.5 Å². The molecule has 4 N–H and O–H groups in total. The average molecular weight is 475 g/mol. The monoisotopic (exact) mass is 474 g/mol. The maximum atomic E-state index is 12.9. The zero-order valence-electron chi connectivity index (χ0n) is 20.9. The summed E-state index contributed by atoms with van der Waals surface area (Å²) in [4.78, 5) is 15.2. The highest BCUT2D eigenvalue weighted by Crippen LogP contribution is 2.33. The molecule has 6 nitrogen and oxygen atoms in total. The molecule has 0 aliphatic carbocycles. The topological polar surface area (TPSA) is 79.6 Å². The lowest BCUT2D eigenvalue weighted by Crippen LogP contribution is -2.51. The van der Waals surface area contributed by atoms with E-state index in [1.807, 2.05) is 54.6 Å². The Labute approximate surface area is 209 Å². The first-order valence-electron chi connectivity index (χ1n) is 12.8. The summed E-state index contributed by atoms with van der Waals surface area (Å²) in [6.07, 6.45) is 7.38. The fourth-order valence-corrected chi connectivity index (χ4v) is 5.23. The summed E-state index contributed by atoms with van der Waals surface area (Å²) in [5, 5.41) is 6.98. The van der Waals surface area contributed by atoms with Gasteiger partial charge in [0.2, 0.25) is 0 Å². The second-order valence-electron chi connectivity index (χ2n) is 9.41. The van der Waals surface area contributed by atoms with Crippen molar-refractivity contribution >= 4 is 11.5 Å². The van der Waals surface area contributed by atoms with Gasteiger partial charge < -0.3 is 26.0 Å². The molecule has 2 aliphatic rings. The Morgan fingerprint density at radius 1 is 1.03 bits per heavy atom. The van der Waals surface area contributed by atoms with Crippen molar-refractivity contribution < 1.29 is 9.53 Å². The first-order chi connectivity index (χ1) is 17.1. The van der Waals surface area contributed by atoms with Gasteiger partial charge in [-0.1, -0.05) is 49.8 Å². The molecule has 1 amide bonds. The fourth-order valence-electron chi connectivity index (χ4n) is 5.23. The summed E-state index contributed by atoms with van der Waals surface area (Å²) in [6.45, 7) is 5.10. The van der Waals surface area contributed by atoms with Gasteiger partial charge in [-0.25, -0.2) is 0 Å². The van der Waals surface area contributed by atoms with Crippen molar-refractivity contribution in [2.45, 2.75) is 45.1 Å². The van der Waals surface area contributed by atoms with E-state index in [0.29, 0.717) is 17.5 Å². The number of rotatable bonds is 8. The average Bonchev–Trinajstić information content (AvgIpc) is 2.89. The third-order valence-electron chi connectivity index (χ3n) is 7.04. The van der Waals surface area contributed by atoms with Crippen LogP contribution in [-0.4, -0.2) is 43.5 Å². The molecule has 0 radical (unpaired) electrons. The normalized spacial score (nSPS) is 20.8. The van der Waals surface area contributed by atoms with Crippen molar-refractivity contribution in [3.63, 3.8) is 0 Å².